The second-order valence-corrected chi connectivity index (χ2v) is 4.15. The van der Waals surface area contributed by atoms with Crippen molar-refractivity contribution in [1.29, 1.82) is 0 Å². The lowest BCUT2D eigenvalue weighted by atomic mass is 10.2. The first-order valence-corrected chi connectivity index (χ1v) is 5.68. The van der Waals surface area contributed by atoms with Crippen LogP contribution < -0.4 is 21.7 Å². The van der Waals surface area contributed by atoms with E-state index in [0.717, 1.165) is 4.47 Å². The topological polar surface area (TPSA) is 101 Å². The van der Waals surface area contributed by atoms with Gasteiger partial charge in [-0.1, -0.05) is 15.9 Å². The van der Waals surface area contributed by atoms with Crippen molar-refractivity contribution in [1.82, 2.24) is 0 Å². The number of carbonyl (C=O) groups is 2. The zero-order valence-electron chi connectivity index (χ0n) is 9.24. The molecule has 0 atom stereocenters. The summed E-state index contributed by atoms with van der Waals surface area (Å²) in [6.45, 7) is 2.17. The molecule has 1 rings (SSSR count). The highest BCUT2D eigenvalue weighted by molar-refractivity contribution is 9.10. The average Bonchev–Trinajstić information content (AvgIpc) is 2.20. The Morgan fingerprint density at radius 1 is 1.41 bits per heavy atom. The minimum Gasteiger partial charge on any atom is -0.351 e. The number of amides is 4. The highest BCUT2D eigenvalue weighted by atomic mass is 79.9. The van der Waals surface area contributed by atoms with Gasteiger partial charge in [0.1, 0.15) is 0 Å². The van der Waals surface area contributed by atoms with Crippen LogP contribution in [0.4, 0.5) is 21.0 Å². The summed E-state index contributed by atoms with van der Waals surface area (Å²) in [5.41, 5.74) is 11.2. The van der Waals surface area contributed by atoms with E-state index in [1.54, 1.807) is 25.1 Å². The molecule has 0 aliphatic carbocycles. The monoisotopic (exact) mass is 300 g/mol. The Morgan fingerprint density at radius 3 is 2.53 bits per heavy atom. The van der Waals surface area contributed by atoms with E-state index in [0.29, 0.717) is 17.9 Å². The Balaban J connectivity index is 3.21. The minimum atomic E-state index is -0.704. The molecular weight excluding hydrogens is 288 g/mol. The number of carbonyl (C=O) groups excluding carboxylic acids is 2. The maximum atomic E-state index is 11.2. The fourth-order valence-electron chi connectivity index (χ4n) is 1.42. The number of nitrogens with two attached hydrogens (primary N) is 2. The van der Waals surface area contributed by atoms with E-state index >= 15 is 0 Å². The summed E-state index contributed by atoms with van der Waals surface area (Å²) < 4.78 is 0.755. The van der Waals surface area contributed by atoms with Gasteiger partial charge in [0, 0.05) is 11.0 Å². The SMILES string of the molecule is CCN(C(N)=O)c1ccc(Br)cc1NC(N)=O. The third-order valence-corrected chi connectivity index (χ3v) is 2.58. The first-order chi connectivity index (χ1) is 7.95. The molecule has 1 aromatic carbocycles. The number of primary amides is 2. The summed E-state index contributed by atoms with van der Waals surface area (Å²) in [7, 11) is 0. The molecule has 0 saturated carbocycles. The fraction of sp³-hybridized carbons (Fsp3) is 0.200. The summed E-state index contributed by atoms with van der Waals surface area (Å²) in [4.78, 5) is 23.5. The van der Waals surface area contributed by atoms with Crippen molar-refractivity contribution >= 4 is 39.4 Å². The lowest BCUT2D eigenvalue weighted by Crippen LogP contribution is -2.36. The zero-order valence-corrected chi connectivity index (χ0v) is 10.8. The molecule has 0 aliphatic rings. The van der Waals surface area contributed by atoms with Crippen LogP contribution in [-0.2, 0) is 0 Å². The third-order valence-electron chi connectivity index (χ3n) is 2.09. The van der Waals surface area contributed by atoms with E-state index in [1.807, 2.05) is 0 Å². The molecule has 5 N–H and O–H groups in total. The number of benzene rings is 1. The van der Waals surface area contributed by atoms with Crippen LogP contribution in [0, 0.1) is 0 Å². The summed E-state index contributed by atoms with van der Waals surface area (Å²) in [6, 6.07) is 3.76. The van der Waals surface area contributed by atoms with Crippen LogP contribution in [0.2, 0.25) is 0 Å². The molecule has 1 aromatic rings. The molecule has 17 heavy (non-hydrogen) atoms. The number of anilines is 2. The van der Waals surface area contributed by atoms with Gasteiger partial charge in [0.05, 0.1) is 11.4 Å². The van der Waals surface area contributed by atoms with Crippen molar-refractivity contribution in [2.45, 2.75) is 6.92 Å². The van der Waals surface area contributed by atoms with Crippen molar-refractivity contribution in [3.63, 3.8) is 0 Å². The largest absolute Gasteiger partial charge is 0.351 e. The van der Waals surface area contributed by atoms with Crippen molar-refractivity contribution < 1.29 is 9.59 Å². The molecule has 6 nitrogen and oxygen atoms in total. The predicted molar refractivity (Wildman–Crippen MR) is 70.0 cm³/mol. The Hall–Kier alpha value is -1.76. The van der Waals surface area contributed by atoms with E-state index in [1.165, 1.54) is 4.90 Å². The van der Waals surface area contributed by atoms with Crippen molar-refractivity contribution in [2.75, 3.05) is 16.8 Å². The number of nitrogens with one attached hydrogen (secondary N) is 1. The number of urea groups is 2. The highest BCUT2D eigenvalue weighted by Gasteiger charge is 2.15. The molecule has 4 amide bonds. The van der Waals surface area contributed by atoms with Gasteiger partial charge in [-0.05, 0) is 25.1 Å². The molecule has 0 saturated heterocycles. The Labute approximate surface area is 107 Å². The van der Waals surface area contributed by atoms with E-state index < -0.39 is 12.1 Å². The smallest absolute Gasteiger partial charge is 0.319 e. The van der Waals surface area contributed by atoms with Crippen LogP contribution in [0.1, 0.15) is 6.92 Å². The zero-order chi connectivity index (χ0) is 13.0. The van der Waals surface area contributed by atoms with Gasteiger partial charge < -0.3 is 16.8 Å². The molecule has 0 fully saturated rings. The molecule has 0 aromatic heterocycles. The lowest BCUT2D eigenvalue weighted by molar-refractivity contribution is 0.254. The first-order valence-electron chi connectivity index (χ1n) is 4.88. The Bertz CT molecular complexity index is 450. The maximum absolute atomic E-state index is 11.2. The van der Waals surface area contributed by atoms with Crippen LogP contribution in [0.5, 0.6) is 0 Å². The van der Waals surface area contributed by atoms with Gasteiger partial charge in [-0.2, -0.15) is 0 Å². The van der Waals surface area contributed by atoms with Crippen LogP contribution in [0.3, 0.4) is 0 Å². The summed E-state index contributed by atoms with van der Waals surface area (Å²) in [6.07, 6.45) is 0. The number of hydrogen-bond donors (Lipinski definition) is 3. The molecule has 0 unspecified atom stereocenters. The van der Waals surface area contributed by atoms with Gasteiger partial charge in [0.2, 0.25) is 0 Å². The quantitative estimate of drug-likeness (QED) is 0.793. The van der Waals surface area contributed by atoms with Crippen LogP contribution in [0.25, 0.3) is 0 Å². The second kappa shape index (κ2) is 5.53. The highest BCUT2D eigenvalue weighted by Crippen LogP contribution is 2.29. The van der Waals surface area contributed by atoms with Gasteiger partial charge in [0.25, 0.3) is 0 Å². The standard InChI is InChI=1S/C10H13BrN4O2/c1-2-15(10(13)17)8-4-3-6(11)5-7(8)14-9(12)16/h3-5H,2H2,1H3,(H2,13,17)(H3,12,14,16). The number of halogens is 1. The van der Waals surface area contributed by atoms with E-state index in [-0.39, 0.29) is 0 Å². The van der Waals surface area contributed by atoms with Gasteiger partial charge in [-0.3, -0.25) is 4.90 Å². The van der Waals surface area contributed by atoms with Gasteiger partial charge in [-0.15, -0.1) is 0 Å². The summed E-state index contributed by atoms with van der Waals surface area (Å²) >= 11 is 3.27. The van der Waals surface area contributed by atoms with Gasteiger partial charge in [0.15, 0.2) is 0 Å². The Kier molecular flexibility index (Phi) is 4.33. The number of hydrogen-bond acceptors (Lipinski definition) is 2. The second-order valence-electron chi connectivity index (χ2n) is 3.23. The van der Waals surface area contributed by atoms with Gasteiger partial charge >= 0.3 is 12.1 Å². The predicted octanol–water partition coefficient (Wildman–Crippen LogP) is 1.84. The molecule has 7 heteroatoms. The number of nitrogens with zero attached hydrogens (tertiary/aromatic N) is 1. The van der Waals surface area contributed by atoms with Crippen LogP contribution >= 0.6 is 15.9 Å². The minimum absolute atomic E-state index is 0.393. The maximum Gasteiger partial charge on any atom is 0.319 e. The van der Waals surface area contributed by atoms with E-state index in [9.17, 15) is 9.59 Å². The van der Waals surface area contributed by atoms with Gasteiger partial charge in [-0.25, -0.2) is 9.59 Å². The molecule has 0 aliphatic heterocycles. The van der Waals surface area contributed by atoms with Crippen molar-refractivity contribution in [2.24, 2.45) is 11.5 Å². The fourth-order valence-corrected chi connectivity index (χ4v) is 1.78. The summed E-state index contributed by atoms with van der Waals surface area (Å²) in [5, 5.41) is 2.44. The number of rotatable bonds is 3. The molecule has 0 heterocycles. The molecule has 0 radical (unpaired) electrons. The molecule has 92 valence electrons. The average molecular weight is 301 g/mol. The van der Waals surface area contributed by atoms with Crippen molar-refractivity contribution in [3.8, 4) is 0 Å². The Morgan fingerprint density at radius 2 is 2.06 bits per heavy atom. The van der Waals surface area contributed by atoms with E-state index in [2.05, 4.69) is 21.2 Å². The van der Waals surface area contributed by atoms with Crippen LogP contribution in [-0.4, -0.2) is 18.6 Å². The molecular formula is C10H13BrN4O2. The van der Waals surface area contributed by atoms with Crippen LogP contribution in [0.15, 0.2) is 22.7 Å². The molecule has 0 spiro atoms. The normalized spacial score (nSPS) is 9.76. The van der Waals surface area contributed by atoms with Crippen molar-refractivity contribution in [3.05, 3.63) is 22.7 Å². The molecule has 0 bridgehead atoms. The van der Waals surface area contributed by atoms with E-state index in [4.69, 9.17) is 11.5 Å². The first kappa shape index (κ1) is 13.3. The third kappa shape index (κ3) is 3.35. The summed E-state index contributed by atoms with van der Waals surface area (Å²) in [5.74, 6) is 0. The lowest BCUT2D eigenvalue weighted by Gasteiger charge is -2.21.